The maximum atomic E-state index is 12.3. The van der Waals surface area contributed by atoms with E-state index in [0.717, 1.165) is 10.5 Å². The minimum absolute atomic E-state index is 0.0914. The lowest BCUT2D eigenvalue weighted by Crippen LogP contribution is -2.01. The van der Waals surface area contributed by atoms with Gasteiger partial charge in [0.2, 0.25) is 0 Å². The van der Waals surface area contributed by atoms with Gasteiger partial charge in [-0.3, -0.25) is 4.79 Å². The largest absolute Gasteiger partial charge is 0.456 e. The molecule has 0 saturated carbocycles. The smallest absolute Gasteiger partial charge is 0.193 e. The molecule has 4 rings (SSSR count). The van der Waals surface area contributed by atoms with Crippen molar-refractivity contribution in [2.45, 2.75) is 9.79 Å². The van der Waals surface area contributed by atoms with Crippen LogP contribution in [-0.2, 0) is 0 Å². The molecule has 0 unspecified atom stereocenters. The lowest BCUT2D eigenvalue weighted by molar-refractivity contribution is 0.619. The van der Waals surface area contributed by atoms with Gasteiger partial charge in [0, 0.05) is 27.1 Å². The molecule has 122 valence electrons. The fourth-order valence-electron chi connectivity index (χ4n) is 2.63. The van der Waals surface area contributed by atoms with Crippen LogP contribution in [0.5, 0.6) is 0 Å². The maximum Gasteiger partial charge on any atom is 0.193 e. The minimum Gasteiger partial charge on any atom is -0.456 e. The van der Waals surface area contributed by atoms with Gasteiger partial charge in [0.15, 0.2) is 5.43 Å². The van der Waals surface area contributed by atoms with Crippen LogP contribution < -0.4 is 11.2 Å². The van der Waals surface area contributed by atoms with E-state index >= 15 is 0 Å². The molecule has 1 heterocycles. The van der Waals surface area contributed by atoms with Gasteiger partial charge in [0.05, 0.1) is 5.39 Å². The highest BCUT2D eigenvalue weighted by Crippen LogP contribution is 2.30. The lowest BCUT2D eigenvalue weighted by atomic mass is 10.1. The average molecular weight is 345 g/mol. The number of nitrogen functional groups attached to an aromatic ring is 1. The van der Waals surface area contributed by atoms with Crippen LogP contribution in [0.4, 0.5) is 5.69 Å². The van der Waals surface area contributed by atoms with Crippen molar-refractivity contribution >= 4 is 28.4 Å². The molecule has 0 saturated heterocycles. The normalized spacial score (nSPS) is 10.9. The SMILES string of the molecule is Nc1ccc2oc(-c3ccc(Sc4ccccc4)cc3)cc(=O)c2c1. The monoisotopic (exact) mass is 345 g/mol. The molecule has 3 aromatic carbocycles. The average Bonchev–Trinajstić information content (AvgIpc) is 2.64. The summed E-state index contributed by atoms with van der Waals surface area (Å²) in [5, 5.41) is 0.500. The number of rotatable bonds is 3. The second-order valence-corrected chi connectivity index (χ2v) is 6.82. The van der Waals surface area contributed by atoms with Crippen molar-refractivity contribution in [3.63, 3.8) is 0 Å². The van der Waals surface area contributed by atoms with Gasteiger partial charge in [-0.25, -0.2) is 0 Å². The van der Waals surface area contributed by atoms with Crippen molar-refractivity contribution in [3.05, 3.63) is 89.1 Å². The fourth-order valence-corrected chi connectivity index (χ4v) is 3.47. The molecule has 0 atom stereocenters. The Morgan fingerprint density at radius 1 is 0.800 bits per heavy atom. The highest BCUT2D eigenvalue weighted by atomic mass is 32.2. The van der Waals surface area contributed by atoms with Crippen molar-refractivity contribution in [2.75, 3.05) is 5.73 Å². The molecule has 0 fully saturated rings. The number of hydrogen-bond donors (Lipinski definition) is 1. The van der Waals surface area contributed by atoms with Gasteiger partial charge in [-0.15, -0.1) is 0 Å². The summed E-state index contributed by atoms with van der Waals surface area (Å²) in [7, 11) is 0. The first-order valence-corrected chi connectivity index (χ1v) is 8.67. The van der Waals surface area contributed by atoms with E-state index in [4.69, 9.17) is 10.2 Å². The van der Waals surface area contributed by atoms with Gasteiger partial charge in [0.1, 0.15) is 11.3 Å². The van der Waals surface area contributed by atoms with Gasteiger partial charge < -0.3 is 10.2 Å². The molecular weight excluding hydrogens is 330 g/mol. The van der Waals surface area contributed by atoms with E-state index in [9.17, 15) is 4.79 Å². The Morgan fingerprint density at radius 2 is 1.52 bits per heavy atom. The molecular formula is C21H15NO2S. The lowest BCUT2D eigenvalue weighted by Gasteiger charge is -2.06. The van der Waals surface area contributed by atoms with E-state index in [0.29, 0.717) is 22.4 Å². The molecule has 0 aliphatic rings. The molecule has 4 aromatic rings. The summed E-state index contributed by atoms with van der Waals surface area (Å²) in [6, 6.07) is 24.8. The van der Waals surface area contributed by atoms with Crippen molar-refractivity contribution in [1.82, 2.24) is 0 Å². The third-order valence-corrected chi connectivity index (χ3v) is 4.88. The number of benzene rings is 3. The van der Waals surface area contributed by atoms with Crippen LogP contribution in [0.1, 0.15) is 0 Å². The summed E-state index contributed by atoms with van der Waals surface area (Å²) < 4.78 is 5.88. The van der Waals surface area contributed by atoms with Crippen LogP contribution in [0.2, 0.25) is 0 Å². The number of anilines is 1. The predicted octanol–water partition coefficient (Wildman–Crippen LogP) is 5.19. The van der Waals surface area contributed by atoms with Gasteiger partial charge in [-0.05, 0) is 42.5 Å². The summed E-state index contributed by atoms with van der Waals surface area (Å²) >= 11 is 1.69. The molecule has 0 spiro atoms. The van der Waals surface area contributed by atoms with Gasteiger partial charge in [-0.1, -0.05) is 42.1 Å². The Labute approximate surface area is 149 Å². The van der Waals surface area contributed by atoms with E-state index in [-0.39, 0.29) is 5.43 Å². The molecule has 0 aliphatic heterocycles. The zero-order chi connectivity index (χ0) is 17.2. The fraction of sp³-hybridized carbons (Fsp3) is 0. The third-order valence-electron chi connectivity index (χ3n) is 3.87. The third kappa shape index (κ3) is 3.30. The molecule has 25 heavy (non-hydrogen) atoms. The Bertz CT molecular complexity index is 1090. The number of fused-ring (bicyclic) bond motifs is 1. The predicted molar refractivity (Wildman–Crippen MR) is 103 cm³/mol. The zero-order valence-corrected chi connectivity index (χ0v) is 14.1. The summed E-state index contributed by atoms with van der Waals surface area (Å²) in [5.41, 5.74) is 7.61. The summed E-state index contributed by atoms with van der Waals surface area (Å²) in [4.78, 5) is 14.6. The summed E-state index contributed by atoms with van der Waals surface area (Å²) in [6.45, 7) is 0. The maximum absolute atomic E-state index is 12.3. The highest BCUT2D eigenvalue weighted by molar-refractivity contribution is 7.99. The molecule has 0 amide bonds. The Kier molecular flexibility index (Phi) is 4.04. The zero-order valence-electron chi connectivity index (χ0n) is 13.3. The Balaban J connectivity index is 1.67. The van der Waals surface area contributed by atoms with Crippen molar-refractivity contribution in [3.8, 4) is 11.3 Å². The second kappa shape index (κ2) is 6.49. The van der Waals surface area contributed by atoms with Gasteiger partial charge in [0.25, 0.3) is 0 Å². The minimum atomic E-state index is -0.0914. The highest BCUT2D eigenvalue weighted by Gasteiger charge is 2.08. The first-order valence-electron chi connectivity index (χ1n) is 7.86. The van der Waals surface area contributed by atoms with Crippen molar-refractivity contribution in [1.29, 1.82) is 0 Å². The van der Waals surface area contributed by atoms with Crippen molar-refractivity contribution < 1.29 is 4.42 Å². The Hall–Kier alpha value is -2.98. The van der Waals surface area contributed by atoms with Crippen LogP contribution in [0.25, 0.3) is 22.3 Å². The molecule has 4 heteroatoms. The van der Waals surface area contributed by atoms with Crippen LogP contribution in [-0.4, -0.2) is 0 Å². The molecule has 3 nitrogen and oxygen atoms in total. The summed E-state index contributed by atoms with van der Waals surface area (Å²) in [5.74, 6) is 0.554. The first-order chi connectivity index (χ1) is 12.2. The number of nitrogens with two attached hydrogens (primary N) is 1. The molecule has 0 radical (unpaired) electrons. The van der Waals surface area contributed by atoms with E-state index in [1.807, 2.05) is 42.5 Å². The standard InChI is InChI=1S/C21H15NO2S/c22-15-8-11-20-18(12-15)19(23)13-21(24-20)14-6-9-17(10-7-14)25-16-4-2-1-3-5-16/h1-13H,22H2. The summed E-state index contributed by atoms with van der Waals surface area (Å²) in [6.07, 6.45) is 0. The topological polar surface area (TPSA) is 56.2 Å². The molecule has 0 bridgehead atoms. The van der Waals surface area contributed by atoms with Crippen molar-refractivity contribution in [2.24, 2.45) is 0 Å². The number of hydrogen-bond acceptors (Lipinski definition) is 4. The first kappa shape index (κ1) is 15.5. The van der Waals surface area contributed by atoms with E-state index in [2.05, 4.69) is 12.1 Å². The van der Waals surface area contributed by atoms with Crippen LogP contribution in [0.15, 0.2) is 97.9 Å². The van der Waals surface area contributed by atoms with Gasteiger partial charge >= 0.3 is 0 Å². The van der Waals surface area contributed by atoms with Crippen LogP contribution >= 0.6 is 11.8 Å². The second-order valence-electron chi connectivity index (χ2n) is 5.67. The molecule has 2 N–H and O–H groups in total. The van der Waals surface area contributed by atoms with E-state index < -0.39 is 0 Å². The van der Waals surface area contributed by atoms with Crippen LogP contribution in [0, 0.1) is 0 Å². The Morgan fingerprint density at radius 3 is 2.28 bits per heavy atom. The quantitative estimate of drug-likeness (QED) is 0.519. The van der Waals surface area contributed by atoms with E-state index in [1.165, 1.54) is 11.0 Å². The molecule has 0 aliphatic carbocycles. The van der Waals surface area contributed by atoms with Crippen LogP contribution in [0.3, 0.4) is 0 Å². The van der Waals surface area contributed by atoms with Gasteiger partial charge in [-0.2, -0.15) is 0 Å². The molecule has 1 aromatic heterocycles. The van der Waals surface area contributed by atoms with E-state index in [1.54, 1.807) is 30.0 Å².